The molecule has 0 heterocycles. The molecule has 0 bridgehead atoms. The third-order valence-electron chi connectivity index (χ3n) is 2.36. The van der Waals surface area contributed by atoms with Crippen molar-refractivity contribution in [3.05, 3.63) is 58.5 Å². The van der Waals surface area contributed by atoms with Gasteiger partial charge >= 0.3 is 5.97 Å². The number of aliphatic hydroxyl groups excluding tert-OH is 1. The number of carbonyl (C=O) groups excluding carboxylic acids is 1. The zero-order chi connectivity index (χ0) is 14.1. The van der Waals surface area contributed by atoms with Crippen LogP contribution in [0.5, 0.6) is 0 Å². The van der Waals surface area contributed by atoms with Crippen LogP contribution in [-0.2, 0) is 9.53 Å². The van der Waals surface area contributed by atoms with Crippen molar-refractivity contribution in [2.24, 2.45) is 5.11 Å². The summed E-state index contributed by atoms with van der Waals surface area (Å²) in [6, 6.07) is 8.06. The van der Waals surface area contributed by atoms with Crippen LogP contribution in [0.2, 0.25) is 0 Å². The molecule has 1 aromatic carbocycles. The van der Waals surface area contributed by atoms with Gasteiger partial charge in [-0.15, -0.1) is 0 Å². The van der Waals surface area contributed by atoms with Crippen LogP contribution in [0.25, 0.3) is 10.4 Å². The van der Waals surface area contributed by atoms with Gasteiger partial charge in [-0.3, -0.25) is 0 Å². The predicted octanol–water partition coefficient (Wildman–Crippen LogP) is 2.52. The molecule has 0 aliphatic heterocycles. The Morgan fingerprint density at radius 3 is 2.79 bits per heavy atom. The highest BCUT2D eigenvalue weighted by molar-refractivity contribution is 5.81. The molecule has 0 aromatic heterocycles. The van der Waals surface area contributed by atoms with Crippen LogP contribution in [0.1, 0.15) is 18.5 Å². The molecule has 0 amide bonds. The van der Waals surface area contributed by atoms with E-state index in [1.165, 1.54) is 6.08 Å². The van der Waals surface area contributed by atoms with Crippen LogP contribution in [0, 0.1) is 0 Å². The first-order valence-corrected chi connectivity index (χ1v) is 5.81. The average molecular weight is 261 g/mol. The zero-order valence-corrected chi connectivity index (χ0v) is 10.5. The number of benzene rings is 1. The SMILES string of the molecule is CCOC(=O)/C=C/[C@@H](O)[C@@H](N=[N+]=[N-])c1ccccc1. The molecule has 0 spiro atoms. The third kappa shape index (κ3) is 4.83. The number of nitrogens with zero attached hydrogens (tertiary/aromatic N) is 3. The highest BCUT2D eigenvalue weighted by atomic mass is 16.5. The van der Waals surface area contributed by atoms with Gasteiger partial charge in [0.25, 0.3) is 0 Å². The van der Waals surface area contributed by atoms with E-state index in [1.54, 1.807) is 31.2 Å². The summed E-state index contributed by atoms with van der Waals surface area (Å²) in [5.74, 6) is -0.547. The van der Waals surface area contributed by atoms with Crippen LogP contribution < -0.4 is 0 Å². The lowest BCUT2D eigenvalue weighted by atomic mass is 10.0. The van der Waals surface area contributed by atoms with E-state index in [0.717, 1.165) is 6.08 Å². The maximum Gasteiger partial charge on any atom is 0.330 e. The quantitative estimate of drug-likeness (QED) is 0.280. The summed E-state index contributed by atoms with van der Waals surface area (Å²) in [7, 11) is 0. The summed E-state index contributed by atoms with van der Waals surface area (Å²) >= 11 is 0. The minimum Gasteiger partial charge on any atom is -0.463 e. The van der Waals surface area contributed by atoms with Crippen LogP contribution >= 0.6 is 0 Å². The monoisotopic (exact) mass is 261 g/mol. The summed E-state index contributed by atoms with van der Waals surface area (Å²) in [5, 5.41) is 13.5. The molecule has 19 heavy (non-hydrogen) atoms. The molecule has 1 N–H and O–H groups in total. The van der Waals surface area contributed by atoms with Crippen LogP contribution in [0.4, 0.5) is 0 Å². The van der Waals surface area contributed by atoms with E-state index < -0.39 is 18.1 Å². The van der Waals surface area contributed by atoms with Crippen LogP contribution in [0.3, 0.4) is 0 Å². The number of hydrogen-bond donors (Lipinski definition) is 1. The molecule has 2 atom stereocenters. The number of rotatable bonds is 6. The van der Waals surface area contributed by atoms with E-state index in [2.05, 4.69) is 10.0 Å². The van der Waals surface area contributed by atoms with Gasteiger partial charge in [-0.1, -0.05) is 35.4 Å². The predicted molar refractivity (Wildman–Crippen MR) is 70.1 cm³/mol. The number of ether oxygens (including phenoxy) is 1. The molecule has 0 saturated carbocycles. The second-order valence-electron chi connectivity index (χ2n) is 3.66. The highest BCUT2D eigenvalue weighted by Gasteiger charge is 2.17. The van der Waals surface area contributed by atoms with Crippen molar-refractivity contribution in [2.75, 3.05) is 6.61 Å². The average Bonchev–Trinajstić information content (AvgIpc) is 2.43. The summed E-state index contributed by atoms with van der Waals surface area (Å²) < 4.78 is 4.70. The van der Waals surface area contributed by atoms with E-state index in [0.29, 0.717) is 5.56 Å². The molecule has 0 radical (unpaired) electrons. The minimum absolute atomic E-state index is 0.262. The Bertz CT molecular complexity index is 481. The topological polar surface area (TPSA) is 95.3 Å². The van der Waals surface area contributed by atoms with Gasteiger partial charge in [0.2, 0.25) is 0 Å². The normalized spacial score (nSPS) is 13.6. The summed E-state index contributed by atoms with van der Waals surface area (Å²) in [4.78, 5) is 13.9. The molecule has 0 aliphatic rings. The van der Waals surface area contributed by atoms with Crippen molar-refractivity contribution in [3.8, 4) is 0 Å². The molecule has 100 valence electrons. The molecule has 6 nitrogen and oxygen atoms in total. The molecule has 0 saturated heterocycles. The van der Waals surface area contributed by atoms with Gasteiger partial charge in [0.1, 0.15) is 0 Å². The largest absolute Gasteiger partial charge is 0.463 e. The second kappa shape index (κ2) is 7.92. The first-order chi connectivity index (χ1) is 9.19. The van der Waals surface area contributed by atoms with Crippen molar-refractivity contribution in [1.29, 1.82) is 0 Å². The standard InChI is InChI=1S/C13H15N3O3/c1-2-19-12(18)9-8-11(17)13(15-16-14)10-6-4-3-5-7-10/h3-9,11,13,17H,2H2,1H3/b9-8+/t11-,13+/m1/s1. The fraction of sp³-hybridized carbons (Fsp3) is 0.308. The summed E-state index contributed by atoms with van der Waals surface area (Å²) in [6.45, 7) is 1.95. The van der Waals surface area contributed by atoms with Gasteiger partial charge in [0.05, 0.1) is 18.8 Å². The van der Waals surface area contributed by atoms with E-state index >= 15 is 0 Å². The molecule has 6 heteroatoms. The Kier molecular flexibility index (Phi) is 6.15. The maximum absolute atomic E-state index is 11.1. The number of aliphatic hydroxyl groups is 1. The fourth-order valence-electron chi connectivity index (χ4n) is 1.51. The zero-order valence-electron chi connectivity index (χ0n) is 10.5. The van der Waals surface area contributed by atoms with Crippen molar-refractivity contribution in [1.82, 2.24) is 0 Å². The number of carbonyl (C=O) groups is 1. The highest BCUT2D eigenvalue weighted by Crippen LogP contribution is 2.22. The molecule has 0 unspecified atom stereocenters. The lowest BCUT2D eigenvalue weighted by Crippen LogP contribution is -2.14. The van der Waals surface area contributed by atoms with E-state index in [9.17, 15) is 9.90 Å². The third-order valence-corrected chi connectivity index (χ3v) is 2.36. The van der Waals surface area contributed by atoms with Crippen molar-refractivity contribution in [2.45, 2.75) is 19.1 Å². The number of azide groups is 1. The van der Waals surface area contributed by atoms with Crippen LogP contribution in [-0.4, -0.2) is 23.8 Å². The van der Waals surface area contributed by atoms with Gasteiger partial charge < -0.3 is 9.84 Å². The summed E-state index contributed by atoms with van der Waals surface area (Å²) in [5.41, 5.74) is 9.21. The molecule has 0 fully saturated rings. The van der Waals surface area contributed by atoms with E-state index in [4.69, 9.17) is 10.3 Å². The van der Waals surface area contributed by atoms with Gasteiger partial charge in [-0.05, 0) is 24.1 Å². The second-order valence-corrected chi connectivity index (χ2v) is 3.66. The fourth-order valence-corrected chi connectivity index (χ4v) is 1.51. The Morgan fingerprint density at radius 1 is 1.53 bits per heavy atom. The van der Waals surface area contributed by atoms with Gasteiger partial charge in [0, 0.05) is 11.0 Å². The number of esters is 1. The Hall–Kier alpha value is -2.30. The maximum atomic E-state index is 11.1. The minimum atomic E-state index is -1.09. The Balaban J connectivity index is 2.83. The molecule has 1 aromatic rings. The number of hydrogen-bond acceptors (Lipinski definition) is 4. The lowest BCUT2D eigenvalue weighted by molar-refractivity contribution is -0.137. The lowest BCUT2D eigenvalue weighted by Gasteiger charge is -2.15. The molecular weight excluding hydrogens is 246 g/mol. The van der Waals surface area contributed by atoms with Gasteiger partial charge in [-0.25, -0.2) is 4.79 Å². The first-order valence-electron chi connectivity index (χ1n) is 5.81. The van der Waals surface area contributed by atoms with Gasteiger partial charge in [-0.2, -0.15) is 0 Å². The molecular formula is C13H15N3O3. The summed E-state index contributed by atoms with van der Waals surface area (Å²) in [6.07, 6.45) is 1.28. The first kappa shape index (κ1) is 14.8. The molecule has 1 rings (SSSR count). The van der Waals surface area contributed by atoms with Crippen molar-refractivity contribution >= 4 is 5.97 Å². The Morgan fingerprint density at radius 2 is 2.21 bits per heavy atom. The smallest absolute Gasteiger partial charge is 0.330 e. The van der Waals surface area contributed by atoms with Crippen LogP contribution in [0.15, 0.2) is 47.6 Å². The van der Waals surface area contributed by atoms with E-state index in [-0.39, 0.29) is 6.61 Å². The van der Waals surface area contributed by atoms with E-state index in [1.807, 2.05) is 6.07 Å². The Labute approximate surface area is 110 Å². The molecule has 0 aliphatic carbocycles. The van der Waals surface area contributed by atoms with Crippen molar-refractivity contribution < 1.29 is 14.6 Å². The van der Waals surface area contributed by atoms with Crippen molar-refractivity contribution in [3.63, 3.8) is 0 Å². The van der Waals surface area contributed by atoms with Gasteiger partial charge in [0.15, 0.2) is 0 Å².